The fourth-order valence-corrected chi connectivity index (χ4v) is 2.17. The van der Waals surface area contributed by atoms with Crippen LogP contribution in [0.1, 0.15) is 11.1 Å². The zero-order valence-electron chi connectivity index (χ0n) is 10.4. The molecule has 112 valence electrons. The van der Waals surface area contributed by atoms with Crippen LogP contribution in [0.2, 0.25) is 10.0 Å². The van der Waals surface area contributed by atoms with Gasteiger partial charge >= 0.3 is 6.18 Å². The highest BCUT2D eigenvalue weighted by Crippen LogP contribution is 2.33. The normalized spacial score (nSPS) is 11.5. The van der Waals surface area contributed by atoms with E-state index in [9.17, 15) is 17.6 Å². The topological polar surface area (TPSA) is 12.0 Å². The van der Waals surface area contributed by atoms with Gasteiger partial charge in [-0.05, 0) is 24.3 Å². The van der Waals surface area contributed by atoms with Crippen LogP contribution in [0.15, 0.2) is 36.4 Å². The number of hydrogen-bond acceptors (Lipinski definition) is 1. The van der Waals surface area contributed by atoms with Crippen molar-refractivity contribution in [2.24, 2.45) is 0 Å². The Bertz CT molecular complexity index is 656. The lowest BCUT2D eigenvalue weighted by molar-refractivity contribution is -0.137. The molecule has 21 heavy (non-hydrogen) atoms. The molecule has 0 saturated heterocycles. The first-order chi connectivity index (χ1) is 9.77. The van der Waals surface area contributed by atoms with E-state index >= 15 is 0 Å². The van der Waals surface area contributed by atoms with Crippen LogP contribution < -0.4 is 5.32 Å². The Balaban J connectivity index is 2.21. The van der Waals surface area contributed by atoms with Crippen LogP contribution in [-0.4, -0.2) is 0 Å². The Labute approximate surface area is 128 Å². The zero-order chi connectivity index (χ0) is 15.6. The second-order valence-electron chi connectivity index (χ2n) is 4.29. The fourth-order valence-electron chi connectivity index (χ4n) is 1.74. The van der Waals surface area contributed by atoms with Gasteiger partial charge in [0.2, 0.25) is 0 Å². The number of anilines is 1. The summed E-state index contributed by atoms with van der Waals surface area (Å²) in [6, 6.07) is 7.51. The largest absolute Gasteiger partial charge is 0.416 e. The zero-order valence-corrected chi connectivity index (χ0v) is 12.0. The fraction of sp³-hybridized carbons (Fsp3) is 0.143. The number of alkyl halides is 3. The molecule has 2 rings (SSSR count). The van der Waals surface area contributed by atoms with Gasteiger partial charge in [-0.1, -0.05) is 35.3 Å². The SMILES string of the molecule is Fc1c(Cl)cccc1CNc1cc(Cl)cc(C(F)(F)F)c1. The van der Waals surface area contributed by atoms with Crippen LogP contribution in [0.3, 0.4) is 0 Å². The van der Waals surface area contributed by atoms with Gasteiger partial charge in [0.25, 0.3) is 0 Å². The lowest BCUT2D eigenvalue weighted by atomic mass is 10.1. The first kappa shape index (κ1) is 15.9. The monoisotopic (exact) mass is 337 g/mol. The van der Waals surface area contributed by atoms with Crippen LogP contribution in [0.5, 0.6) is 0 Å². The van der Waals surface area contributed by atoms with E-state index in [2.05, 4.69) is 5.32 Å². The van der Waals surface area contributed by atoms with Gasteiger partial charge in [-0.15, -0.1) is 0 Å². The summed E-state index contributed by atoms with van der Waals surface area (Å²) in [5.74, 6) is -0.607. The molecule has 0 heterocycles. The molecule has 1 nitrogen and oxygen atoms in total. The van der Waals surface area contributed by atoms with E-state index in [1.54, 1.807) is 6.07 Å². The van der Waals surface area contributed by atoms with Gasteiger partial charge < -0.3 is 5.32 Å². The molecular formula is C14H9Cl2F4N. The van der Waals surface area contributed by atoms with E-state index in [0.717, 1.165) is 12.1 Å². The van der Waals surface area contributed by atoms with Crippen molar-refractivity contribution in [1.29, 1.82) is 0 Å². The summed E-state index contributed by atoms with van der Waals surface area (Å²) >= 11 is 11.3. The molecule has 0 radical (unpaired) electrons. The van der Waals surface area contributed by atoms with Gasteiger partial charge in [-0.3, -0.25) is 0 Å². The van der Waals surface area contributed by atoms with Crippen molar-refractivity contribution < 1.29 is 17.6 Å². The number of nitrogens with one attached hydrogen (secondary N) is 1. The van der Waals surface area contributed by atoms with Gasteiger partial charge in [-0.2, -0.15) is 13.2 Å². The Morgan fingerprint density at radius 2 is 1.76 bits per heavy atom. The van der Waals surface area contributed by atoms with Crippen molar-refractivity contribution in [1.82, 2.24) is 0 Å². The lowest BCUT2D eigenvalue weighted by Crippen LogP contribution is -2.07. The number of hydrogen-bond donors (Lipinski definition) is 1. The first-order valence-corrected chi connectivity index (χ1v) is 6.57. The summed E-state index contributed by atoms with van der Waals surface area (Å²) in [4.78, 5) is 0. The molecule has 0 atom stereocenters. The van der Waals surface area contributed by atoms with E-state index in [0.29, 0.717) is 0 Å². The Kier molecular flexibility index (Phi) is 4.64. The van der Waals surface area contributed by atoms with Crippen molar-refractivity contribution in [3.63, 3.8) is 0 Å². The van der Waals surface area contributed by atoms with Gasteiger partial charge in [-0.25, -0.2) is 4.39 Å². The van der Waals surface area contributed by atoms with E-state index < -0.39 is 17.6 Å². The smallest absolute Gasteiger partial charge is 0.381 e. The van der Waals surface area contributed by atoms with Gasteiger partial charge in [0.15, 0.2) is 0 Å². The van der Waals surface area contributed by atoms with Crippen LogP contribution in [0.4, 0.5) is 23.2 Å². The number of halogens is 6. The van der Waals surface area contributed by atoms with Crippen LogP contribution >= 0.6 is 23.2 Å². The molecule has 0 unspecified atom stereocenters. The average molecular weight is 338 g/mol. The molecule has 0 amide bonds. The van der Waals surface area contributed by atoms with Crippen LogP contribution in [0.25, 0.3) is 0 Å². The molecule has 2 aromatic carbocycles. The Hall–Kier alpha value is -1.46. The van der Waals surface area contributed by atoms with Crippen molar-refractivity contribution in [3.8, 4) is 0 Å². The van der Waals surface area contributed by atoms with Gasteiger partial charge in [0.1, 0.15) is 5.82 Å². The predicted octanol–water partition coefficient (Wildman–Crippen LogP) is 5.76. The second kappa shape index (κ2) is 6.12. The molecule has 7 heteroatoms. The predicted molar refractivity (Wildman–Crippen MR) is 75.2 cm³/mol. The van der Waals surface area contributed by atoms with E-state index in [1.165, 1.54) is 18.2 Å². The van der Waals surface area contributed by atoms with E-state index in [1.807, 2.05) is 0 Å². The quantitative estimate of drug-likeness (QED) is 0.701. The molecule has 0 saturated carbocycles. The maximum atomic E-state index is 13.7. The molecular weight excluding hydrogens is 329 g/mol. The summed E-state index contributed by atoms with van der Waals surface area (Å²) in [6.07, 6.45) is -4.50. The van der Waals surface area contributed by atoms with Crippen LogP contribution in [0, 0.1) is 5.82 Å². The Morgan fingerprint density at radius 3 is 2.43 bits per heavy atom. The number of benzene rings is 2. The molecule has 2 aromatic rings. The third-order valence-electron chi connectivity index (χ3n) is 2.74. The summed E-state index contributed by atoms with van der Waals surface area (Å²) in [6.45, 7) is -0.00989. The van der Waals surface area contributed by atoms with Gasteiger partial charge in [0, 0.05) is 22.8 Å². The molecule has 0 aliphatic heterocycles. The third kappa shape index (κ3) is 4.02. The Morgan fingerprint density at radius 1 is 1.05 bits per heavy atom. The number of rotatable bonds is 3. The molecule has 0 fully saturated rings. The van der Waals surface area contributed by atoms with Crippen molar-refractivity contribution in [3.05, 3.63) is 63.4 Å². The highest BCUT2D eigenvalue weighted by Gasteiger charge is 2.31. The second-order valence-corrected chi connectivity index (χ2v) is 5.14. The summed E-state index contributed by atoms with van der Waals surface area (Å²) in [5, 5.41) is 2.60. The van der Waals surface area contributed by atoms with Crippen molar-refractivity contribution in [2.45, 2.75) is 12.7 Å². The highest BCUT2D eigenvalue weighted by molar-refractivity contribution is 6.31. The minimum absolute atomic E-state index is 0.00989. The maximum absolute atomic E-state index is 13.7. The molecule has 0 spiro atoms. The van der Waals surface area contributed by atoms with Crippen LogP contribution in [-0.2, 0) is 12.7 Å². The maximum Gasteiger partial charge on any atom is 0.416 e. The molecule has 1 N–H and O–H groups in total. The summed E-state index contributed by atoms with van der Waals surface area (Å²) < 4.78 is 51.7. The van der Waals surface area contributed by atoms with E-state index in [-0.39, 0.29) is 27.8 Å². The highest BCUT2D eigenvalue weighted by atomic mass is 35.5. The molecule has 0 bridgehead atoms. The molecule has 0 aromatic heterocycles. The van der Waals surface area contributed by atoms with E-state index in [4.69, 9.17) is 23.2 Å². The summed E-state index contributed by atoms with van der Waals surface area (Å²) in [7, 11) is 0. The third-order valence-corrected chi connectivity index (χ3v) is 3.25. The van der Waals surface area contributed by atoms with Crippen molar-refractivity contribution >= 4 is 28.9 Å². The minimum atomic E-state index is -4.50. The van der Waals surface area contributed by atoms with Gasteiger partial charge in [0.05, 0.1) is 10.6 Å². The average Bonchev–Trinajstić information content (AvgIpc) is 2.39. The summed E-state index contributed by atoms with van der Waals surface area (Å²) in [5.41, 5.74) is -0.477. The minimum Gasteiger partial charge on any atom is -0.381 e. The van der Waals surface area contributed by atoms with Crippen molar-refractivity contribution in [2.75, 3.05) is 5.32 Å². The molecule has 0 aliphatic rings. The first-order valence-electron chi connectivity index (χ1n) is 5.82. The molecule has 0 aliphatic carbocycles. The standard InChI is InChI=1S/C14H9Cl2F4N/c15-10-4-9(14(18,19)20)5-11(6-10)21-7-8-2-1-3-12(16)13(8)17/h1-6,21H,7H2. The lowest BCUT2D eigenvalue weighted by Gasteiger charge is -2.12.